The highest BCUT2D eigenvalue weighted by Crippen LogP contribution is 2.54. The van der Waals surface area contributed by atoms with Crippen LogP contribution >= 0.6 is 23.1 Å². The molecule has 3 unspecified atom stereocenters. The Bertz CT molecular complexity index is 1940. The molecular weight excluding hydrogens is 636 g/mol. The Labute approximate surface area is 268 Å². The van der Waals surface area contributed by atoms with Crippen molar-refractivity contribution in [3.8, 4) is 5.75 Å². The van der Waals surface area contributed by atoms with E-state index in [1.54, 1.807) is 19.1 Å². The van der Waals surface area contributed by atoms with Gasteiger partial charge in [0.2, 0.25) is 17.7 Å². The van der Waals surface area contributed by atoms with Crippen LogP contribution in [0.2, 0.25) is 0 Å². The number of nitro groups is 1. The molecule has 0 saturated carbocycles. The number of aromatic hydroxyl groups is 1. The van der Waals surface area contributed by atoms with Crippen LogP contribution in [0.1, 0.15) is 33.6 Å². The van der Waals surface area contributed by atoms with E-state index < -0.39 is 50.6 Å². The number of imide groups is 1. The second-order valence-corrected chi connectivity index (χ2v) is 12.5. The number of rotatable bonds is 8. The van der Waals surface area contributed by atoms with E-state index in [1.165, 1.54) is 65.2 Å². The average molecular weight is 661 g/mol. The molecule has 4 aromatic rings. The van der Waals surface area contributed by atoms with Crippen LogP contribution in [-0.2, 0) is 25.7 Å². The van der Waals surface area contributed by atoms with E-state index in [4.69, 9.17) is 4.74 Å². The van der Waals surface area contributed by atoms with E-state index >= 15 is 0 Å². The monoisotopic (exact) mass is 660 g/mol. The summed E-state index contributed by atoms with van der Waals surface area (Å²) < 4.78 is 6.24. The van der Waals surface area contributed by atoms with Gasteiger partial charge in [-0.05, 0) is 61.0 Å². The fourth-order valence-electron chi connectivity index (χ4n) is 5.52. The van der Waals surface area contributed by atoms with Crippen molar-refractivity contribution < 1.29 is 33.9 Å². The maximum Gasteiger partial charge on any atom is 0.338 e. The first-order valence-electron chi connectivity index (χ1n) is 14.0. The molecule has 15 heteroatoms. The first-order valence-corrected chi connectivity index (χ1v) is 15.7. The number of nitrogens with one attached hydrogen (secondary N) is 1. The molecule has 3 heterocycles. The lowest BCUT2D eigenvalue weighted by Crippen LogP contribution is -2.33. The van der Waals surface area contributed by atoms with Crippen LogP contribution in [0.3, 0.4) is 0 Å². The summed E-state index contributed by atoms with van der Waals surface area (Å²) in [5, 5.41) is 23.2. The second kappa shape index (κ2) is 12.3. The zero-order valence-electron chi connectivity index (χ0n) is 23.9. The molecule has 13 nitrogen and oxygen atoms in total. The number of ether oxygens (including phenoxy) is 1. The summed E-state index contributed by atoms with van der Waals surface area (Å²) in [6, 6.07) is 17.3. The zero-order chi connectivity index (χ0) is 32.7. The van der Waals surface area contributed by atoms with Gasteiger partial charge in [-0.15, -0.1) is 0 Å². The minimum absolute atomic E-state index is 0.00949. The van der Waals surface area contributed by atoms with E-state index in [0.717, 1.165) is 28.0 Å². The van der Waals surface area contributed by atoms with Gasteiger partial charge in [0.25, 0.3) is 5.69 Å². The average Bonchev–Trinajstić information content (AvgIpc) is 3.48. The normalized spacial score (nSPS) is 18.5. The van der Waals surface area contributed by atoms with E-state index in [1.807, 2.05) is 0 Å². The first kappa shape index (κ1) is 30.7. The highest BCUT2D eigenvalue weighted by Gasteiger charge is 2.56. The molecule has 3 amide bonds. The number of esters is 1. The zero-order valence-corrected chi connectivity index (χ0v) is 25.6. The number of benzene rings is 3. The number of carbonyl (C=O) groups is 4. The number of non-ortho nitro benzene ring substituents is 1. The van der Waals surface area contributed by atoms with Gasteiger partial charge in [-0.1, -0.05) is 35.2 Å². The van der Waals surface area contributed by atoms with Gasteiger partial charge in [0.15, 0.2) is 0 Å². The fourth-order valence-corrected chi connectivity index (χ4v) is 8.30. The molecule has 0 spiro atoms. The summed E-state index contributed by atoms with van der Waals surface area (Å²) in [7, 11) is 0. The highest BCUT2D eigenvalue weighted by atomic mass is 32.2. The number of nitro benzene ring substituents is 1. The summed E-state index contributed by atoms with van der Waals surface area (Å²) in [5.41, 5.74) is 1.26. The summed E-state index contributed by atoms with van der Waals surface area (Å²) in [6.45, 7) is 1.53. The van der Waals surface area contributed by atoms with E-state index in [9.17, 15) is 39.2 Å². The number of aromatic nitrogens is 1. The third-order valence-corrected chi connectivity index (χ3v) is 10.2. The number of amides is 3. The SMILES string of the molecule is CCOC(=O)c1ccc(NC(=O)Cn2c3c(sc2=O)C(c2ccc(O)cc2)C2C(=O)N(c4ccc([N+](=O)[O-])cc4)C(=O)C2S3)cc1. The molecule has 46 heavy (non-hydrogen) atoms. The standard InChI is InChI=1S/C31H24N4O9S2/c1-2-44-30(40)17-3-7-18(8-4-17)32-22(37)15-33-29-26(46-31(33)41)23(16-5-13-21(36)14-6-16)24-25(45-29)28(39)34(27(24)38)19-9-11-20(12-10-19)35(42)43/h3-14,23-25,36H,2,15H2,1H3,(H,32,37). The Morgan fingerprint density at radius 2 is 1.65 bits per heavy atom. The Morgan fingerprint density at radius 3 is 2.28 bits per heavy atom. The molecule has 3 atom stereocenters. The third kappa shape index (κ3) is 5.54. The molecule has 1 aromatic heterocycles. The lowest BCUT2D eigenvalue weighted by molar-refractivity contribution is -0.384. The Hall–Kier alpha value is -5.28. The number of thiazole rings is 1. The summed E-state index contributed by atoms with van der Waals surface area (Å²) in [4.78, 5) is 77.8. The fraction of sp³-hybridized carbons (Fsp3) is 0.194. The molecule has 1 fully saturated rings. The predicted molar refractivity (Wildman–Crippen MR) is 168 cm³/mol. The molecule has 2 aliphatic rings. The van der Waals surface area contributed by atoms with Gasteiger partial charge in [0, 0.05) is 28.6 Å². The lowest BCUT2D eigenvalue weighted by Gasteiger charge is -2.30. The quantitative estimate of drug-likeness (QED) is 0.121. The minimum Gasteiger partial charge on any atom is -0.508 e. The van der Waals surface area contributed by atoms with Crippen molar-refractivity contribution >= 4 is 63.9 Å². The molecule has 6 rings (SSSR count). The topological polar surface area (TPSA) is 178 Å². The van der Waals surface area contributed by atoms with Crippen LogP contribution in [0.25, 0.3) is 0 Å². The number of thioether (sulfide) groups is 1. The molecule has 0 radical (unpaired) electrons. The number of anilines is 2. The van der Waals surface area contributed by atoms with Gasteiger partial charge in [-0.3, -0.25) is 33.9 Å². The first-order chi connectivity index (χ1) is 22.1. The highest BCUT2D eigenvalue weighted by molar-refractivity contribution is 8.00. The third-order valence-electron chi connectivity index (χ3n) is 7.60. The van der Waals surface area contributed by atoms with Gasteiger partial charge in [-0.2, -0.15) is 0 Å². The second-order valence-electron chi connectivity index (χ2n) is 10.4. The Morgan fingerprint density at radius 1 is 0.978 bits per heavy atom. The number of phenols is 1. The van der Waals surface area contributed by atoms with E-state index in [-0.39, 0.29) is 30.3 Å². The van der Waals surface area contributed by atoms with Gasteiger partial charge >= 0.3 is 10.8 Å². The molecular formula is C31H24N4O9S2. The van der Waals surface area contributed by atoms with Gasteiger partial charge < -0.3 is 15.2 Å². The molecule has 234 valence electrons. The minimum atomic E-state index is -0.965. The maximum atomic E-state index is 13.9. The molecule has 2 N–H and O–H groups in total. The molecule has 0 aliphatic carbocycles. The van der Waals surface area contributed by atoms with Gasteiger partial charge in [0.1, 0.15) is 17.5 Å². The van der Waals surface area contributed by atoms with Gasteiger partial charge in [-0.25, -0.2) is 9.69 Å². The summed E-state index contributed by atoms with van der Waals surface area (Å²) in [6.07, 6.45) is 0. The lowest BCUT2D eigenvalue weighted by atomic mass is 9.83. The van der Waals surface area contributed by atoms with Crippen LogP contribution in [-0.4, -0.2) is 50.1 Å². The smallest absolute Gasteiger partial charge is 0.338 e. The van der Waals surface area contributed by atoms with Crippen LogP contribution in [0.15, 0.2) is 82.6 Å². The predicted octanol–water partition coefficient (Wildman–Crippen LogP) is 4.13. The van der Waals surface area contributed by atoms with Crippen LogP contribution in [0.5, 0.6) is 5.75 Å². The maximum absolute atomic E-state index is 13.9. The van der Waals surface area contributed by atoms with Gasteiger partial charge in [0.05, 0.1) is 33.7 Å². The molecule has 3 aromatic carbocycles. The van der Waals surface area contributed by atoms with Crippen molar-refractivity contribution in [2.24, 2.45) is 5.92 Å². The Kier molecular flexibility index (Phi) is 8.19. The number of fused-ring (bicyclic) bond motifs is 2. The van der Waals surface area contributed by atoms with Crippen LogP contribution in [0, 0.1) is 16.0 Å². The summed E-state index contributed by atoms with van der Waals surface area (Å²) >= 11 is 1.90. The number of carbonyl (C=O) groups excluding carboxylic acids is 4. The summed E-state index contributed by atoms with van der Waals surface area (Å²) in [5.74, 6) is -3.80. The van der Waals surface area contributed by atoms with Crippen molar-refractivity contribution in [3.63, 3.8) is 0 Å². The number of hydrogen-bond acceptors (Lipinski definition) is 11. The molecule has 0 bridgehead atoms. The number of hydrogen-bond donors (Lipinski definition) is 2. The van der Waals surface area contributed by atoms with E-state index in [0.29, 0.717) is 26.7 Å². The van der Waals surface area contributed by atoms with Crippen molar-refractivity contribution in [2.45, 2.75) is 29.7 Å². The van der Waals surface area contributed by atoms with Crippen molar-refractivity contribution in [2.75, 3.05) is 16.8 Å². The Balaban J connectivity index is 1.33. The number of nitrogens with zero attached hydrogens (tertiary/aromatic N) is 3. The largest absolute Gasteiger partial charge is 0.508 e. The van der Waals surface area contributed by atoms with Crippen LogP contribution in [0.4, 0.5) is 17.1 Å². The van der Waals surface area contributed by atoms with Crippen molar-refractivity contribution in [3.05, 3.63) is 109 Å². The number of phenolic OH excluding ortho intramolecular Hbond substituents is 1. The van der Waals surface area contributed by atoms with Crippen molar-refractivity contribution in [1.29, 1.82) is 0 Å². The van der Waals surface area contributed by atoms with E-state index in [2.05, 4.69) is 5.32 Å². The van der Waals surface area contributed by atoms with Crippen LogP contribution < -0.4 is 15.1 Å². The van der Waals surface area contributed by atoms with Crippen molar-refractivity contribution in [1.82, 2.24) is 4.57 Å². The molecule has 2 aliphatic heterocycles. The molecule has 1 saturated heterocycles.